The van der Waals surface area contributed by atoms with Gasteiger partial charge >= 0.3 is 0 Å². The Balaban J connectivity index is 0.00000245. The molecule has 3 aromatic carbocycles. The summed E-state index contributed by atoms with van der Waals surface area (Å²) in [6.45, 7) is 6.44. The normalized spacial score (nSPS) is 14.5. The monoisotopic (exact) mass is 491 g/mol. The fraction of sp³-hybridized carbons (Fsp3) is 0.269. The zero-order valence-electron chi connectivity index (χ0n) is 18.2. The Labute approximate surface area is 199 Å². The van der Waals surface area contributed by atoms with E-state index in [0.29, 0.717) is 0 Å². The molecular formula is C26H30BrN5. The number of hydrogen-bond acceptors (Lipinski definition) is 4. The van der Waals surface area contributed by atoms with Gasteiger partial charge in [-0.15, -0.1) is 0 Å². The Kier molecular flexibility index (Phi) is 6.94. The lowest BCUT2D eigenvalue weighted by atomic mass is 9.98. The fourth-order valence-electron chi connectivity index (χ4n) is 4.79. The highest BCUT2D eigenvalue weighted by atomic mass is 79.9. The molecule has 1 aromatic heterocycles. The molecule has 1 aliphatic heterocycles. The number of hydrogen-bond donors (Lipinski definition) is 3. The summed E-state index contributed by atoms with van der Waals surface area (Å²) >= 11 is 0. The van der Waals surface area contributed by atoms with Gasteiger partial charge in [0.1, 0.15) is 0 Å². The maximum Gasteiger partial charge on any atom is 0.220 e. The van der Waals surface area contributed by atoms with Crippen molar-refractivity contribution in [3.8, 4) is 11.3 Å². The second-order valence-corrected chi connectivity index (χ2v) is 8.39. The lowest BCUT2D eigenvalue weighted by Gasteiger charge is -2.26. The van der Waals surface area contributed by atoms with E-state index in [1.165, 1.54) is 32.9 Å². The van der Waals surface area contributed by atoms with Crippen LogP contribution in [0.2, 0.25) is 0 Å². The average molecular weight is 492 g/mol. The van der Waals surface area contributed by atoms with E-state index in [1.807, 2.05) is 12.1 Å². The Hall–Kier alpha value is -2.67. The van der Waals surface area contributed by atoms with Crippen LogP contribution in [-0.2, 0) is 6.54 Å². The second kappa shape index (κ2) is 9.86. The molecule has 0 unspecified atom stereocenters. The number of nitrogens with zero attached hydrogens (tertiary/aromatic N) is 2. The molecule has 6 heteroatoms. The van der Waals surface area contributed by atoms with Gasteiger partial charge in [-0.3, -0.25) is 0 Å². The van der Waals surface area contributed by atoms with Crippen LogP contribution in [-0.4, -0.2) is 37.6 Å². The molecule has 4 aromatic rings. The zero-order valence-corrected chi connectivity index (χ0v) is 19.8. The molecule has 5 nitrogen and oxygen atoms in total. The summed E-state index contributed by atoms with van der Waals surface area (Å²) in [6.07, 6.45) is 1.09. The van der Waals surface area contributed by atoms with E-state index in [2.05, 4.69) is 69.4 Å². The van der Waals surface area contributed by atoms with Gasteiger partial charge in [0, 0.05) is 67.5 Å². The van der Waals surface area contributed by atoms with Crippen molar-refractivity contribution in [3.63, 3.8) is 0 Å². The van der Waals surface area contributed by atoms with Crippen molar-refractivity contribution < 1.29 is 21.5 Å². The minimum absolute atomic E-state index is 0. The summed E-state index contributed by atoms with van der Waals surface area (Å²) in [6, 6.07) is 23.1. The van der Waals surface area contributed by atoms with Crippen molar-refractivity contribution in [2.45, 2.75) is 13.0 Å². The van der Waals surface area contributed by atoms with Crippen molar-refractivity contribution >= 4 is 33.1 Å². The molecular weight excluding hydrogens is 462 g/mol. The molecule has 0 saturated carbocycles. The third kappa shape index (κ3) is 4.44. The van der Waals surface area contributed by atoms with Crippen molar-refractivity contribution in [1.29, 1.82) is 0 Å². The highest BCUT2D eigenvalue weighted by Gasteiger charge is 2.24. The maximum absolute atomic E-state index is 6.25. The topological polar surface area (TPSA) is 71.2 Å². The molecule has 1 saturated heterocycles. The molecule has 1 fully saturated rings. The molecule has 5 N–H and O–H groups in total. The summed E-state index contributed by atoms with van der Waals surface area (Å²) in [5, 5.41) is 7.05. The Morgan fingerprint density at radius 2 is 1.50 bits per heavy atom. The number of nitrogen functional groups attached to an aromatic ring is 2. The molecule has 1 aliphatic rings. The number of aryl methyl sites for hydroxylation is 1. The highest BCUT2D eigenvalue weighted by molar-refractivity contribution is 6.10. The quantitative estimate of drug-likeness (QED) is 0.215. The first-order valence-corrected chi connectivity index (χ1v) is 11.1. The predicted octanol–water partition coefficient (Wildman–Crippen LogP) is 0.411. The van der Waals surface area contributed by atoms with E-state index >= 15 is 0 Å². The van der Waals surface area contributed by atoms with E-state index in [9.17, 15) is 0 Å². The van der Waals surface area contributed by atoms with Crippen LogP contribution >= 0.6 is 0 Å². The van der Waals surface area contributed by atoms with Gasteiger partial charge in [0.2, 0.25) is 11.2 Å². The van der Waals surface area contributed by atoms with Gasteiger partial charge < -0.3 is 38.7 Å². The van der Waals surface area contributed by atoms with Crippen molar-refractivity contribution in [3.05, 3.63) is 66.7 Å². The first-order valence-electron chi connectivity index (χ1n) is 11.1. The van der Waals surface area contributed by atoms with Gasteiger partial charge in [-0.2, -0.15) is 4.57 Å². The van der Waals surface area contributed by atoms with Gasteiger partial charge in [0.05, 0.1) is 10.8 Å². The Morgan fingerprint density at radius 1 is 0.812 bits per heavy atom. The number of halogens is 1. The summed E-state index contributed by atoms with van der Waals surface area (Å²) in [7, 11) is 0. The number of rotatable bonds is 5. The predicted molar refractivity (Wildman–Crippen MR) is 130 cm³/mol. The number of aromatic nitrogens is 1. The van der Waals surface area contributed by atoms with Crippen LogP contribution < -0.4 is 38.3 Å². The third-order valence-corrected chi connectivity index (χ3v) is 6.28. The van der Waals surface area contributed by atoms with E-state index < -0.39 is 0 Å². The molecule has 0 bridgehead atoms. The number of piperazine rings is 1. The lowest BCUT2D eigenvalue weighted by Crippen LogP contribution is -3.00. The molecule has 32 heavy (non-hydrogen) atoms. The number of anilines is 2. The van der Waals surface area contributed by atoms with Crippen molar-refractivity contribution in [1.82, 2.24) is 10.2 Å². The minimum Gasteiger partial charge on any atom is -1.00 e. The van der Waals surface area contributed by atoms with Crippen LogP contribution in [0.1, 0.15) is 6.42 Å². The summed E-state index contributed by atoms with van der Waals surface area (Å²) in [4.78, 5) is 2.55. The molecule has 0 aliphatic carbocycles. The van der Waals surface area contributed by atoms with E-state index in [0.717, 1.165) is 57.1 Å². The van der Waals surface area contributed by atoms with E-state index in [-0.39, 0.29) is 17.0 Å². The number of nitrogens with two attached hydrogens (primary N) is 2. The lowest BCUT2D eigenvalue weighted by molar-refractivity contribution is -0.659. The van der Waals surface area contributed by atoms with Crippen molar-refractivity contribution in [2.75, 3.05) is 44.2 Å². The van der Waals surface area contributed by atoms with Crippen molar-refractivity contribution in [2.24, 2.45) is 0 Å². The van der Waals surface area contributed by atoms with Crippen LogP contribution in [0.15, 0.2) is 66.7 Å². The molecule has 0 spiro atoms. The van der Waals surface area contributed by atoms with Crippen LogP contribution in [0.5, 0.6) is 0 Å². The van der Waals surface area contributed by atoms with Crippen LogP contribution in [0.25, 0.3) is 32.9 Å². The van der Waals surface area contributed by atoms with Crippen LogP contribution in [0.4, 0.5) is 11.4 Å². The number of fused-ring (bicyclic) bond motifs is 3. The molecule has 0 amide bonds. The van der Waals surface area contributed by atoms with E-state index in [4.69, 9.17) is 11.5 Å². The molecule has 0 radical (unpaired) electrons. The van der Waals surface area contributed by atoms with Crippen LogP contribution in [0, 0.1) is 0 Å². The second-order valence-electron chi connectivity index (χ2n) is 8.39. The first kappa shape index (κ1) is 22.5. The largest absolute Gasteiger partial charge is 1.00 e. The van der Waals surface area contributed by atoms with Gasteiger partial charge in [-0.05, 0) is 36.4 Å². The van der Waals surface area contributed by atoms with Crippen LogP contribution in [0.3, 0.4) is 0 Å². The third-order valence-electron chi connectivity index (χ3n) is 6.28. The summed E-state index contributed by atoms with van der Waals surface area (Å²) < 4.78 is 2.45. The zero-order chi connectivity index (χ0) is 21.2. The van der Waals surface area contributed by atoms with Gasteiger partial charge in [0.25, 0.3) is 0 Å². The molecule has 5 rings (SSSR count). The SMILES string of the molecule is Nc1ccc2c(c1)c(-c1ccccc1)[n+](CCCN1CCNCC1)c1cc(N)ccc21.[Br-]. The maximum atomic E-state index is 6.25. The molecule has 166 valence electrons. The summed E-state index contributed by atoms with van der Waals surface area (Å²) in [5.41, 5.74) is 17.7. The fourth-order valence-corrected chi connectivity index (χ4v) is 4.79. The van der Waals surface area contributed by atoms with Gasteiger partial charge in [0.15, 0.2) is 6.54 Å². The standard InChI is InChI=1S/C26H29N5.BrH/c27-20-7-9-22-23-10-8-21(28)18-25(23)31(14-4-13-30-15-11-29-12-16-30)26(24(22)17-20)19-5-2-1-3-6-19;/h1-3,5-10,17-18,28-29H,4,11-16,27H2;1H. The number of benzene rings is 3. The smallest absolute Gasteiger partial charge is 0.220 e. The molecule has 2 heterocycles. The Bertz CT molecular complexity index is 1220. The average Bonchev–Trinajstić information content (AvgIpc) is 2.80. The first-order chi connectivity index (χ1) is 15.2. The van der Waals surface area contributed by atoms with Gasteiger partial charge in [-0.1, -0.05) is 24.3 Å². The highest BCUT2D eigenvalue weighted by Crippen LogP contribution is 2.33. The number of pyridine rings is 1. The molecule has 0 atom stereocenters. The Morgan fingerprint density at radius 3 is 2.25 bits per heavy atom. The minimum atomic E-state index is 0. The summed E-state index contributed by atoms with van der Waals surface area (Å²) in [5.74, 6) is 0. The number of nitrogens with one attached hydrogen (secondary N) is 1. The van der Waals surface area contributed by atoms with Gasteiger partial charge in [-0.25, -0.2) is 0 Å². The van der Waals surface area contributed by atoms with E-state index in [1.54, 1.807) is 0 Å².